The topological polar surface area (TPSA) is 9.23 Å². The maximum Gasteiger partial charge on any atom is 0.0830 e. The van der Waals surface area contributed by atoms with Gasteiger partial charge < -0.3 is 4.74 Å². The molecule has 0 bridgehead atoms. The van der Waals surface area contributed by atoms with Crippen molar-refractivity contribution in [2.75, 3.05) is 7.11 Å². The number of aryl methyl sites for hydroxylation is 1. The summed E-state index contributed by atoms with van der Waals surface area (Å²) in [5, 5.41) is 0. The first-order valence-electron chi connectivity index (χ1n) is 3.59. The molecule has 1 nitrogen and oxygen atoms in total. The summed E-state index contributed by atoms with van der Waals surface area (Å²) < 4.78 is 4.80. The Hall–Kier alpha value is -1.24. The molecule has 0 aliphatic heterocycles. The van der Waals surface area contributed by atoms with Crippen molar-refractivity contribution in [1.29, 1.82) is 0 Å². The summed E-state index contributed by atoms with van der Waals surface area (Å²) in [5.41, 5.74) is 2.44. The number of rotatable bonds is 2. The van der Waals surface area contributed by atoms with Gasteiger partial charge in [-0.25, -0.2) is 0 Å². The van der Waals surface area contributed by atoms with Gasteiger partial charge >= 0.3 is 0 Å². The smallest absolute Gasteiger partial charge is 0.0830 e. The van der Waals surface area contributed by atoms with Gasteiger partial charge in [-0.15, -0.1) is 0 Å². The second-order valence-corrected chi connectivity index (χ2v) is 2.45. The highest BCUT2D eigenvalue weighted by molar-refractivity contribution is 5.48. The maximum absolute atomic E-state index is 4.80. The van der Waals surface area contributed by atoms with Crippen LogP contribution in [-0.4, -0.2) is 7.11 Å². The van der Waals surface area contributed by atoms with Gasteiger partial charge in [0.1, 0.15) is 0 Å². The van der Waals surface area contributed by atoms with E-state index in [1.165, 1.54) is 5.56 Å². The zero-order valence-electron chi connectivity index (χ0n) is 6.87. The molecule has 0 atom stereocenters. The average Bonchev–Trinajstić information content (AvgIpc) is 2.04. The Morgan fingerprint density at radius 1 is 1.18 bits per heavy atom. The standard InChI is InChI=1S/C10H12O/c1-9-3-5-10(6-4-9)7-8-11-2/h3-8H,1-2H3/b8-7+. The van der Waals surface area contributed by atoms with Crippen LogP contribution in [0.25, 0.3) is 6.08 Å². The number of hydrogen-bond donors (Lipinski definition) is 0. The lowest BCUT2D eigenvalue weighted by Crippen LogP contribution is -1.73. The van der Waals surface area contributed by atoms with E-state index in [1.54, 1.807) is 13.4 Å². The molecule has 0 N–H and O–H groups in total. The van der Waals surface area contributed by atoms with E-state index < -0.39 is 0 Å². The quantitative estimate of drug-likeness (QED) is 0.586. The van der Waals surface area contributed by atoms with Crippen LogP contribution in [-0.2, 0) is 4.74 Å². The molecule has 58 valence electrons. The lowest BCUT2D eigenvalue weighted by atomic mass is 10.1. The zero-order valence-corrected chi connectivity index (χ0v) is 6.87. The molecule has 1 aromatic carbocycles. The van der Waals surface area contributed by atoms with E-state index in [0.29, 0.717) is 0 Å². The van der Waals surface area contributed by atoms with Gasteiger partial charge in [0.2, 0.25) is 0 Å². The largest absolute Gasteiger partial charge is 0.504 e. The van der Waals surface area contributed by atoms with Crippen LogP contribution in [0.1, 0.15) is 11.1 Å². The Kier molecular flexibility index (Phi) is 2.73. The molecule has 0 heterocycles. The van der Waals surface area contributed by atoms with Crippen LogP contribution in [0.15, 0.2) is 30.5 Å². The van der Waals surface area contributed by atoms with E-state index in [1.807, 2.05) is 6.08 Å². The van der Waals surface area contributed by atoms with Gasteiger partial charge in [-0.3, -0.25) is 0 Å². The third-order valence-corrected chi connectivity index (χ3v) is 1.47. The molecule has 0 aliphatic rings. The van der Waals surface area contributed by atoms with Gasteiger partial charge in [0.25, 0.3) is 0 Å². The Bertz CT molecular complexity index is 234. The van der Waals surface area contributed by atoms with Crippen molar-refractivity contribution in [2.24, 2.45) is 0 Å². The first-order valence-corrected chi connectivity index (χ1v) is 3.59. The van der Waals surface area contributed by atoms with E-state index in [0.717, 1.165) is 5.56 Å². The van der Waals surface area contributed by atoms with Crippen molar-refractivity contribution < 1.29 is 4.74 Å². The van der Waals surface area contributed by atoms with Gasteiger partial charge in [-0.2, -0.15) is 0 Å². The minimum absolute atomic E-state index is 1.16. The van der Waals surface area contributed by atoms with Crippen LogP contribution in [0.2, 0.25) is 0 Å². The van der Waals surface area contributed by atoms with Gasteiger partial charge in [0.15, 0.2) is 0 Å². The summed E-state index contributed by atoms with van der Waals surface area (Å²) >= 11 is 0. The molecule has 0 aromatic heterocycles. The van der Waals surface area contributed by atoms with E-state index in [9.17, 15) is 0 Å². The number of hydrogen-bond acceptors (Lipinski definition) is 1. The van der Waals surface area contributed by atoms with E-state index in [4.69, 9.17) is 4.74 Å². The molecule has 0 saturated carbocycles. The van der Waals surface area contributed by atoms with Crippen LogP contribution >= 0.6 is 0 Å². The van der Waals surface area contributed by atoms with E-state index in [-0.39, 0.29) is 0 Å². The summed E-state index contributed by atoms with van der Waals surface area (Å²) in [4.78, 5) is 0. The first-order chi connectivity index (χ1) is 5.33. The number of benzene rings is 1. The number of ether oxygens (including phenoxy) is 1. The Morgan fingerprint density at radius 2 is 1.82 bits per heavy atom. The van der Waals surface area contributed by atoms with Crippen LogP contribution in [0.3, 0.4) is 0 Å². The number of methoxy groups -OCH3 is 1. The normalized spacial score (nSPS) is 10.4. The molecule has 1 heteroatoms. The fourth-order valence-corrected chi connectivity index (χ4v) is 0.824. The molecule has 11 heavy (non-hydrogen) atoms. The van der Waals surface area contributed by atoms with Crippen LogP contribution in [0.4, 0.5) is 0 Å². The summed E-state index contributed by atoms with van der Waals surface area (Å²) in [7, 11) is 1.64. The summed E-state index contributed by atoms with van der Waals surface area (Å²) in [5.74, 6) is 0. The van der Waals surface area contributed by atoms with Gasteiger partial charge in [-0.1, -0.05) is 29.8 Å². The molecular formula is C10H12O. The lowest BCUT2D eigenvalue weighted by Gasteiger charge is -1.93. The molecule has 0 amide bonds. The van der Waals surface area contributed by atoms with Crippen molar-refractivity contribution >= 4 is 6.08 Å². The van der Waals surface area contributed by atoms with Crippen molar-refractivity contribution in [3.8, 4) is 0 Å². The Balaban J connectivity index is 2.73. The molecule has 0 aliphatic carbocycles. The van der Waals surface area contributed by atoms with Gasteiger partial charge in [0.05, 0.1) is 13.4 Å². The molecule has 1 rings (SSSR count). The monoisotopic (exact) mass is 148 g/mol. The minimum Gasteiger partial charge on any atom is -0.504 e. The molecule has 1 aromatic rings. The van der Waals surface area contributed by atoms with Crippen molar-refractivity contribution in [2.45, 2.75) is 6.92 Å². The fourth-order valence-electron chi connectivity index (χ4n) is 0.824. The summed E-state index contributed by atoms with van der Waals surface area (Å²) in [6.07, 6.45) is 3.60. The van der Waals surface area contributed by atoms with Crippen molar-refractivity contribution in [3.05, 3.63) is 41.7 Å². The second kappa shape index (κ2) is 3.81. The molecular weight excluding hydrogens is 136 g/mol. The highest BCUT2D eigenvalue weighted by Gasteiger charge is 1.84. The highest BCUT2D eigenvalue weighted by atomic mass is 16.5. The first kappa shape index (κ1) is 7.86. The summed E-state index contributed by atoms with van der Waals surface area (Å²) in [6, 6.07) is 8.28. The highest BCUT2D eigenvalue weighted by Crippen LogP contribution is 2.04. The van der Waals surface area contributed by atoms with Crippen LogP contribution in [0, 0.1) is 6.92 Å². The van der Waals surface area contributed by atoms with Gasteiger partial charge in [-0.05, 0) is 18.6 Å². The predicted molar refractivity (Wildman–Crippen MR) is 47.2 cm³/mol. The molecule has 0 saturated heterocycles. The lowest BCUT2D eigenvalue weighted by molar-refractivity contribution is 0.341. The third kappa shape index (κ3) is 2.46. The van der Waals surface area contributed by atoms with E-state index in [2.05, 4.69) is 31.2 Å². The molecule has 0 fully saturated rings. The third-order valence-electron chi connectivity index (χ3n) is 1.47. The fraction of sp³-hybridized carbons (Fsp3) is 0.200. The summed E-state index contributed by atoms with van der Waals surface area (Å²) in [6.45, 7) is 2.07. The van der Waals surface area contributed by atoms with Gasteiger partial charge in [0, 0.05) is 0 Å². The Labute approximate surface area is 67.3 Å². The Morgan fingerprint density at radius 3 is 2.36 bits per heavy atom. The molecule has 0 unspecified atom stereocenters. The average molecular weight is 148 g/mol. The predicted octanol–water partition coefficient (Wildman–Crippen LogP) is 2.61. The van der Waals surface area contributed by atoms with Crippen LogP contribution in [0.5, 0.6) is 0 Å². The maximum atomic E-state index is 4.80. The molecule has 0 spiro atoms. The molecule has 0 radical (unpaired) electrons. The zero-order chi connectivity index (χ0) is 8.10. The SMILES string of the molecule is CO/C=C/c1ccc(C)cc1. The van der Waals surface area contributed by atoms with E-state index >= 15 is 0 Å². The van der Waals surface area contributed by atoms with Crippen LogP contribution < -0.4 is 0 Å². The second-order valence-electron chi connectivity index (χ2n) is 2.45. The minimum atomic E-state index is 1.16. The van der Waals surface area contributed by atoms with Crippen molar-refractivity contribution in [1.82, 2.24) is 0 Å². The van der Waals surface area contributed by atoms with Crippen molar-refractivity contribution in [3.63, 3.8) is 0 Å².